The fourth-order valence-corrected chi connectivity index (χ4v) is 4.26. The molecule has 0 spiro atoms. The molecule has 3 aliphatic rings. The van der Waals surface area contributed by atoms with E-state index in [4.69, 9.17) is 14.2 Å². The van der Waals surface area contributed by atoms with Crippen LogP contribution in [0.3, 0.4) is 0 Å². The van der Waals surface area contributed by atoms with Crippen molar-refractivity contribution in [1.29, 1.82) is 0 Å². The highest BCUT2D eigenvalue weighted by atomic mass is 16.5. The first-order chi connectivity index (χ1) is 11.1. The number of likely N-dealkylation sites (tertiary alicyclic amines) is 1. The van der Waals surface area contributed by atoms with Crippen molar-refractivity contribution in [2.24, 2.45) is 0 Å². The number of benzene rings is 1. The minimum Gasteiger partial charge on any atom is -0.493 e. The zero-order valence-corrected chi connectivity index (χ0v) is 13.7. The van der Waals surface area contributed by atoms with E-state index in [2.05, 4.69) is 18.0 Å². The Bertz CT molecular complexity index is 697. The van der Waals surface area contributed by atoms with Crippen LogP contribution >= 0.6 is 0 Å². The van der Waals surface area contributed by atoms with Gasteiger partial charge in [-0.2, -0.15) is 0 Å². The Morgan fingerprint density at radius 3 is 2.70 bits per heavy atom. The van der Waals surface area contributed by atoms with Crippen LogP contribution < -0.4 is 9.47 Å². The Morgan fingerprint density at radius 2 is 1.96 bits per heavy atom. The van der Waals surface area contributed by atoms with Crippen molar-refractivity contribution in [2.75, 3.05) is 27.8 Å². The fraction of sp³-hybridized carbons (Fsp3) is 0.500. The van der Waals surface area contributed by atoms with Gasteiger partial charge in [-0.25, -0.2) is 4.79 Å². The van der Waals surface area contributed by atoms with E-state index in [-0.39, 0.29) is 18.0 Å². The molecule has 5 heteroatoms. The predicted octanol–water partition coefficient (Wildman–Crippen LogP) is 2.36. The van der Waals surface area contributed by atoms with Crippen LogP contribution in [0.2, 0.25) is 0 Å². The van der Waals surface area contributed by atoms with Crippen molar-refractivity contribution in [1.82, 2.24) is 4.90 Å². The van der Waals surface area contributed by atoms with E-state index in [9.17, 15) is 4.79 Å². The number of ether oxygens (including phenoxy) is 3. The molecule has 1 saturated heterocycles. The number of fused-ring (bicyclic) bond motifs is 5. The van der Waals surface area contributed by atoms with Crippen molar-refractivity contribution in [3.8, 4) is 11.5 Å². The second-order valence-corrected chi connectivity index (χ2v) is 6.45. The molecule has 4 rings (SSSR count). The molecule has 1 fully saturated rings. The van der Waals surface area contributed by atoms with Crippen molar-refractivity contribution in [3.63, 3.8) is 0 Å². The van der Waals surface area contributed by atoms with Gasteiger partial charge in [-0.05, 0) is 31.2 Å². The van der Waals surface area contributed by atoms with Crippen LogP contribution in [-0.2, 0) is 4.74 Å². The Hall–Kier alpha value is -2.01. The molecule has 3 atom stereocenters. The average Bonchev–Trinajstić information content (AvgIpc) is 2.95. The quantitative estimate of drug-likeness (QED) is 0.619. The first-order valence-corrected chi connectivity index (χ1v) is 8.00. The zero-order chi connectivity index (χ0) is 16.1. The van der Waals surface area contributed by atoms with Gasteiger partial charge < -0.3 is 14.2 Å². The van der Waals surface area contributed by atoms with E-state index in [1.165, 1.54) is 5.57 Å². The van der Waals surface area contributed by atoms with Crippen LogP contribution in [-0.4, -0.2) is 50.8 Å². The lowest BCUT2D eigenvalue weighted by atomic mass is 9.75. The molecule has 1 aromatic carbocycles. The van der Waals surface area contributed by atoms with Gasteiger partial charge in [0.2, 0.25) is 0 Å². The summed E-state index contributed by atoms with van der Waals surface area (Å²) >= 11 is 0. The molecule has 2 aliphatic heterocycles. The fourth-order valence-electron chi connectivity index (χ4n) is 4.26. The van der Waals surface area contributed by atoms with Crippen LogP contribution in [0, 0.1) is 0 Å². The maximum atomic E-state index is 12.4. The molecule has 0 aromatic heterocycles. The highest BCUT2D eigenvalue weighted by molar-refractivity contribution is 5.94. The summed E-state index contributed by atoms with van der Waals surface area (Å²) in [5.41, 5.74) is 3.09. The van der Waals surface area contributed by atoms with E-state index < -0.39 is 0 Å². The highest BCUT2D eigenvalue weighted by Gasteiger charge is 2.47. The minimum atomic E-state index is -0.264. The molecule has 2 heterocycles. The number of carbonyl (C=O) groups is 1. The lowest BCUT2D eigenvalue weighted by Gasteiger charge is -2.41. The van der Waals surface area contributed by atoms with Crippen LogP contribution in [0.5, 0.6) is 11.5 Å². The molecule has 0 radical (unpaired) electrons. The summed E-state index contributed by atoms with van der Waals surface area (Å²) in [7, 11) is 5.34. The van der Waals surface area contributed by atoms with Gasteiger partial charge >= 0.3 is 5.97 Å². The molecule has 1 aromatic rings. The Kier molecular flexibility index (Phi) is 3.34. The van der Waals surface area contributed by atoms with Gasteiger partial charge in [-0.15, -0.1) is 0 Å². The summed E-state index contributed by atoms with van der Waals surface area (Å²) in [5, 5.41) is 0. The zero-order valence-electron chi connectivity index (χ0n) is 13.7. The number of hydrogen-bond donors (Lipinski definition) is 0. The normalized spacial score (nSPS) is 29.1. The molecule has 122 valence electrons. The molecule has 0 bridgehead atoms. The number of esters is 1. The summed E-state index contributed by atoms with van der Waals surface area (Å²) in [5.74, 6) is 1.12. The average molecular weight is 315 g/mol. The molecule has 0 amide bonds. The number of likely N-dealkylation sites (N-methyl/N-ethyl adjacent to an activating group) is 1. The van der Waals surface area contributed by atoms with E-state index >= 15 is 0 Å². The standard InChI is InChI=1S/C18H21NO4/c1-19-7-6-10-4-5-13-16(17(10)19)11-8-14(21-2)15(22-3)9-12(11)18(20)23-13/h4,8-9,13,16-17H,5-7H2,1-3H3/t13-,16-,17+/m1/s1. The lowest BCUT2D eigenvalue weighted by molar-refractivity contribution is 0.00907. The van der Waals surface area contributed by atoms with Crippen molar-refractivity contribution >= 4 is 5.97 Å². The van der Waals surface area contributed by atoms with Gasteiger partial charge in [-0.3, -0.25) is 4.90 Å². The van der Waals surface area contributed by atoms with Gasteiger partial charge in [0, 0.05) is 24.9 Å². The van der Waals surface area contributed by atoms with Gasteiger partial charge in [-0.1, -0.05) is 11.6 Å². The number of carbonyl (C=O) groups excluding carboxylic acids is 1. The predicted molar refractivity (Wildman–Crippen MR) is 85.2 cm³/mol. The van der Waals surface area contributed by atoms with Gasteiger partial charge in [0.15, 0.2) is 11.5 Å². The number of hydrogen-bond acceptors (Lipinski definition) is 5. The monoisotopic (exact) mass is 315 g/mol. The van der Waals surface area contributed by atoms with E-state index in [1.54, 1.807) is 20.3 Å². The largest absolute Gasteiger partial charge is 0.493 e. The SMILES string of the molecule is COc1cc2c(cc1OC)[C@@H]1[C@@H](CC=C3CCN(C)[C@@H]31)OC2=O. The smallest absolute Gasteiger partial charge is 0.338 e. The topological polar surface area (TPSA) is 48.0 Å². The molecular weight excluding hydrogens is 294 g/mol. The Labute approximate surface area is 135 Å². The third-order valence-corrected chi connectivity index (χ3v) is 5.35. The highest BCUT2D eigenvalue weighted by Crippen LogP contribution is 2.47. The molecule has 5 nitrogen and oxygen atoms in total. The maximum absolute atomic E-state index is 12.4. The maximum Gasteiger partial charge on any atom is 0.338 e. The van der Waals surface area contributed by atoms with Crippen molar-refractivity contribution in [2.45, 2.75) is 30.9 Å². The second kappa shape index (κ2) is 5.27. The number of methoxy groups -OCH3 is 2. The van der Waals surface area contributed by atoms with Crippen LogP contribution in [0.25, 0.3) is 0 Å². The summed E-state index contributed by atoms with van der Waals surface area (Å²) in [6, 6.07) is 4.01. The third-order valence-electron chi connectivity index (χ3n) is 5.35. The van der Waals surface area contributed by atoms with Crippen LogP contribution in [0.1, 0.15) is 34.7 Å². The van der Waals surface area contributed by atoms with Gasteiger partial charge in [0.25, 0.3) is 0 Å². The number of nitrogens with zero attached hydrogens (tertiary/aromatic N) is 1. The molecule has 1 aliphatic carbocycles. The third kappa shape index (κ3) is 2.06. The molecule has 0 unspecified atom stereocenters. The summed E-state index contributed by atoms with van der Waals surface area (Å²) < 4.78 is 16.5. The Morgan fingerprint density at radius 1 is 1.22 bits per heavy atom. The number of rotatable bonds is 2. The van der Waals surface area contributed by atoms with E-state index in [1.807, 2.05) is 6.07 Å². The van der Waals surface area contributed by atoms with Gasteiger partial charge in [0.05, 0.1) is 19.8 Å². The van der Waals surface area contributed by atoms with Crippen molar-refractivity contribution < 1.29 is 19.0 Å². The molecule has 23 heavy (non-hydrogen) atoms. The van der Waals surface area contributed by atoms with Crippen molar-refractivity contribution in [3.05, 3.63) is 34.9 Å². The summed E-state index contributed by atoms with van der Waals surface area (Å²) in [4.78, 5) is 14.8. The molecule has 0 saturated carbocycles. The minimum absolute atomic E-state index is 0.0950. The first kappa shape index (κ1) is 14.6. The molecule has 0 N–H and O–H groups in total. The second-order valence-electron chi connectivity index (χ2n) is 6.45. The lowest BCUT2D eigenvalue weighted by Crippen LogP contribution is -2.45. The van der Waals surface area contributed by atoms with Crippen LogP contribution in [0.15, 0.2) is 23.8 Å². The van der Waals surface area contributed by atoms with Crippen LogP contribution in [0.4, 0.5) is 0 Å². The van der Waals surface area contributed by atoms with E-state index in [0.717, 1.165) is 24.9 Å². The molecular formula is C18H21NO4. The summed E-state index contributed by atoms with van der Waals surface area (Å²) in [6.07, 6.45) is 4.06. The van der Waals surface area contributed by atoms with Gasteiger partial charge in [0.1, 0.15) is 6.10 Å². The summed E-state index contributed by atoms with van der Waals surface area (Å²) in [6.45, 7) is 1.05. The first-order valence-electron chi connectivity index (χ1n) is 8.00. The van der Waals surface area contributed by atoms with E-state index in [0.29, 0.717) is 23.1 Å². The Balaban J connectivity index is 1.88.